The predicted molar refractivity (Wildman–Crippen MR) is 75.6 cm³/mol. The number of likely N-dealkylation sites (N-methyl/N-ethyl adjacent to an activating group) is 1. The van der Waals surface area contributed by atoms with E-state index in [0.717, 1.165) is 19.6 Å². The number of halogens is 1. The Morgan fingerprint density at radius 3 is 2.95 bits per heavy atom. The van der Waals surface area contributed by atoms with Gasteiger partial charge in [-0.25, -0.2) is 0 Å². The van der Waals surface area contributed by atoms with Crippen LogP contribution in [-0.2, 0) is 4.74 Å². The van der Waals surface area contributed by atoms with Crippen LogP contribution in [0, 0.1) is 0 Å². The number of hydrogen-bond acceptors (Lipinski definition) is 4. The van der Waals surface area contributed by atoms with Gasteiger partial charge < -0.3 is 10.1 Å². The van der Waals surface area contributed by atoms with Gasteiger partial charge >= 0.3 is 0 Å². The molecule has 0 aliphatic heterocycles. The summed E-state index contributed by atoms with van der Waals surface area (Å²) < 4.78 is 5.03. The number of pyridine rings is 1. The van der Waals surface area contributed by atoms with E-state index < -0.39 is 0 Å². The van der Waals surface area contributed by atoms with E-state index in [4.69, 9.17) is 16.3 Å². The van der Waals surface area contributed by atoms with Crippen LogP contribution in [0.25, 0.3) is 0 Å². The summed E-state index contributed by atoms with van der Waals surface area (Å²) in [5, 5.41) is 3.33. The van der Waals surface area contributed by atoms with E-state index in [0.29, 0.717) is 23.9 Å². The highest BCUT2D eigenvalue weighted by atomic mass is 35.5. The van der Waals surface area contributed by atoms with Crippen molar-refractivity contribution in [3.05, 3.63) is 29.0 Å². The van der Waals surface area contributed by atoms with E-state index in [2.05, 4.69) is 22.1 Å². The van der Waals surface area contributed by atoms with Crippen LogP contribution in [0.4, 0.5) is 0 Å². The first kappa shape index (κ1) is 15.9. The van der Waals surface area contributed by atoms with Crippen LogP contribution in [0.5, 0.6) is 0 Å². The fraction of sp³-hybridized carbons (Fsp3) is 0.538. The molecule has 0 unspecified atom stereocenters. The fourth-order valence-electron chi connectivity index (χ4n) is 1.60. The summed E-state index contributed by atoms with van der Waals surface area (Å²) in [5.41, 5.74) is 0.340. The van der Waals surface area contributed by atoms with Gasteiger partial charge in [0, 0.05) is 38.0 Å². The van der Waals surface area contributed by atoms with E-state index >= 15 is 0 Å². The molecular formula is C13H20ClN3O2. The summed E-state index contributed by atoms with van der Waals surface area (Å²) in [6, 6.07) is 3.20. The molecule has 0 aliphatic carbocycles. The van der Waals surface area contributed by atoms with Crippen molar-refractivity contribution < 1.29 is 9.53 Å². The minimum absolute atomic E-state index is 0.203. The number of nitrogens with one attached hydrogen (secondary N) is 1. The molecule has 5 nitrogen and oxygen atoms in total. The lowest BCUT2D eigenvalue weighted by Crippen LogP contribution is -2.36. The van der Waals surface area contributed by atoms with Crippen LogP contribution in [0.15, 0.2) is 18.3 Å². The van der Waals surface area contributed by atoms with Crippen molar-refractivity contribution in [3.8, 4) is 0 Å². The molecule has 0 spiro atoms. The lowest BCUT2D eigenvalue weighted by molar-refractivity contribution is 0.0940. The minimum Gasteiger partial charge on any atom is -0.383 e. The van der Waals surface area contributed by atoms with Crippen molar-refractivity contribution >= 4 is 17.5 Å². The molecule has 106 valence electrons. The van der Waals surface area contributed by atoms with Crippen molar-refractivity contribution in [2.75, 3.05) is 39.9 Å². The fourth-order valence-corrected chi connectivity index (χ4v) is 1.76. The molecule has 0 aromatic carbocycles. The molecule has 1 amide bonds. The minimum atomic E-state index is -0.203. The molecule has 1 aromatic heterocycles. The molecule has 1 rings (SSSR count). The van der Waals surface area contributed by atoms with E-state index in [1.807, 2.05) is 0 Å². The molecule has 19 heavy (non-hydrogen) atoms. The van der Waals surface area contributed by atoms with Gasteiger partial charge in [-0.3, -0.25) is 14.7 Å². The Kier molecular flexibility index (Phi) is 7.40. The van der Waals surface area contributed by atoms with Gasteiger partial charge in [-0.15, -0.1) is 0 Å². The second-order valence-corrected chi connectivity index (χ2v) is 4.48. The predicted octanol–water partition coefficient (Wildman–Crippen LogP) is 1.43. The molecule has 1 N–H and O–H groups in total. The van der Waals surface area contributed by atoms with E-state index in [1.54, 1.807) is 19.2 Å². The number of hydrogen-bond donors (Lipinski definition) is 1. The van der Waals surface area contributed by atoms with Gasteiger partial charge in [-0.1, -0.05) is 18.5 Å². The largest absolute Gasteiger partial charge is 0.383 e. The number of carbonyl (C=O) groups excluding carboxylic acids is 1. The molecular weight excluding hydrogens is 266 g/mol. The summed E-state index contributed by atoms with van der Waals surface area (Å²) in [6.07, 6.45) is 1.52. The molecule has 1 aromatic rings. The highest BCUT2D eigenvalue weighted by molar-refractivity contribution is 6.30. The van der Waals surface area contributed by atoms with E-state index in [9.17, 15) is 4.79 Å². The molecule has 0 atom stereocenters. The topological polar surface area (TPSA) is 54.5 Å². The van der Waals surface area contributed by atoms with Crippen LogP contribution in [0.3, 0.4) is 0 Å². The van der Waals surface area contributed by atoms with Crippen molar-refractivity contribution in [2.24, 2.45) is 0 Å². The van der Waals surface area contributed by atoms with Crippen molar-refractivity contribution in [2.45, 2.75) is 6.92 Å². The standard InChI is InChI=1S/C13H20ClN3O2/c1-3-17(8-9-19-2)7-6-16-13(18)12-10-11(14)4-5-15-12/h4-5,10H,3,6-9H2,1-2H3,(H,16,18). The summed E-state index contributed by atoms with van der Waals surface area (Å²) >= 11 is 5.81. The van der Waals surface area contributed by atoms with Crippen LogP contribution in [-0.4, -0.2) is 55.7 Å². The number of ether oxygens (including phenoxy) is 1. The summed E-state index contributed by atoms with van der Waals surface area (Å²) in [7, 11) is 1.68. The number of methoxy groups -OCH3 is 1. The normalized spacial score (nSPS) is 10.7. The average Bonchev–Trinajstić information content (AvgIpc) is 2.42. The zero-order valence-corrected chi connectivity index (χ0v) is 12.1. The van der Waals surface area contributed by atoms with Crippen LogP contribution >= 0.6 is 11.6 Å². The molecule has 1 heterocycles. The number of nitrogens with zero attached hydrogens (tertiary/aromatic N) is 2. The Morgan fingerprint density at radius 1 is 1.53 bits per heavy atom. The van der Waals surface area contributed by atoms with Gasteiger partial charge in [0.1, 0.15) is 5.69 Å². The Labute approximate surface area is 118 Å². The average molecular weight is 286 g/mol. The zero-order chi connectivity index (χ0) is 14.1. The maximum atomic E-state index is 11.8. The van der Waals surface area contributed by atoms with Crippen molar-refractivity contribution in [1.82, 2.24) is 15.2 Å². The van der Waals surface area contributed by atoms with Crippen molar-refractivity contribution in [1.29, 1.82) is 0 Å². The second-order valence-electron chi connectivity index (χ2n) is 4.04. The van der Waals surface area contributed by atoms with E-state index in [-0.39, 0.29) is 5.91 Å². The maximum Gasteiger partial charge on any atom is 0.269 e. The number of rotatable bonds is 8. The number of aromatic nitrogens is 1. The Hall–Kier alpha value is -1.17. The summed E-state index contributed by atoms with van der Waals surface area (Å²) in [5.74, 6) is -0.203. The Bertz CT molecular complexity index is 401. The first-order chi connectivity index (χ1) is 9.17. The third kappa shape index (κ3) is 6.00. The lowest BCUT2D eigenvalue weighted by Gasteiger charge is -2.19. The molecule has 0 radical (unpaired) electrons. The highest BCUT2D eigenvalue weighted by Gasteiger charge is 2.08. The highest BCUT2D eigenvalue weighted by Crippen LogP contribution is 2.07. The quantitative estimate of drug-likeness (QED) is 0.785. The first-order valence-electron chi connectivity index (χ1n) is 6.28. The van der Waals surface area contributed by atoms with Crippen LogP contribution in [0.1, 0.15) is 17.4 Å². The van der Waals surface area contributed by atoms with Gasteiger partial charge in [-0.05, 0) is 18.7 Å². The van der Waals surface area contributed by atoms with Gasteiger partial charge in [0.05, 0.1) is 6.61 Å². The van der Waals surface area contributed by atoms with Crippen molar-refractivity contribution in [3.63, 3.8) is 0 Å². The zero-order valence-electron chi connectivity index (χ0n) is 11.4. The maximum absolute atomic E-state index is 11.8. The van der Waals surface area contributed by atoms with Crippen LogP contribution in [0.2, 0.25) is 5.02 Å². The molecule has 0 fully saturated rings. The lowest BCUT2D eigenvalue weighted by atomic mass is 10.3. The molecule has 0 bridgehead atoms. The van der Waals surface area contributed by atoms with Gasteiger partial charge in [0.15, 0.2) is 0 Å². The van der Waals surface area contributed by atoms with Gasteiger partial charge in [-0.2, -0.15) is 0 Å². The number of carbonyl (C=O) groups is 1. The monoisotopic (exact) mass is 285 g/mol. The molecule has 0 saturated carbocycles. The van der Waals surface area contributed by atoms with Crippen LogP contribution < -0.4 is 5.32 Å². The van der Waals surface area contributed by atoms with E-state index in [1.165, 1.54) is 6.20 Å². The summed E-state index contributed by atoms with van der Waals surface area (Å²) in [4.78, 5) is 18.0. The Morgan fingerprint density at radius 2 is 2.32 bits per heavy atom. The summed E-state index contributed by atoms with van der Waals surface area (Å²) in [6.45, 7) is 5.91. The first-order valence-corrected chi connectivity index (χ1v) is 6.66. The smallest absolute Gasteiger partial charge is 0.269 e. The Balaban J connectivity index is 2.34. The van der Waals surface area contributed by atoms with Gasteiger partial charge in [0.25, 0.3) is 5.91 Å². The third-order valence-electron chi connectivity index (χ3n) is 2.73. The number of amides is 1. The molecule has 0 aliphatic rings. The molecule has 6 heteroatoms. The van der Waals surface area contributed by atoms with Gasteiger partial charge in [0.2, 0.25) is 0 Å². The second kappa shape index (κ2) is 8.85. The SMILES string of the molecule is CCN(CCNC(=O)c1cc(Cl)ccn1)CCOC. The third-order valence-corrected chi connectivity index (χ3v) is 2.96. The molecule has 0 saturated heterocycles.